The molecule has 21 heavy (non-hydrogen) atoms. The molecule has 0 spiro atoms. The number of aliphatic hydroxyl groups excluding tert-OH is 2. The maximum atomic E-state index is 9.58. The Morgan fingerprint density at radius 1 is 0.857 bits per heavy atom. The molecule has 0 radical (unpaired) electrons. The van der Waals surface area contributed by atoms with Crippen LogP contribution in [-0.2, 0) is 13.2 Å². The van der Waals surface area contributed by atoms with Gasteiger partial charge < -0.3 is 19.7 Å². The van der Waals surface area contributed by atoms with Crippen molar-refractivity contribution in [2.24, 2.45) is 0 Å². The van der Waals surface area contributed by atoms with E-state index in [1.165, 1.54) is 3.57 Å². The Morgan fingerprint density at radius 3 is 1.81 bits per heavy atom. The first-order valence-corrected chi connectivity index (χ1v) is 8.58. The quantitative estimate of drug-likeness (QED) is 0.599. The van der Waals surface area contributed by atoms with Crippen LogP contribution in [0.3, 0.4) is 0 Å². The number of aliphatic hydroxyl groups is 2. The maximum absolute atomic E-state index is 9.58. The van der Waals surface area contributed by atoms with E-state index in [9.17, 15) is 10.2 Å². The highest BCUT2D eigenvalue weighted by Gasteiger charge is 2.25. The van der Waals surface area contributed by atoms with E-state index >= 15 is 0 Å². The van der Waals surface area contributed by atoms with Crippen molar-refractivity contribution in [2.75, 3.05) is 14.2 Å². The number of benzene rings is 2. The van der Waals surface area contributed by atoms with Crippen molar-refractivity contribution in [3.05, 3.63) is 54.7 Å². The highest BCUT2D eigenvalue weighted by atomic mass is 127. The molecule has 2 N–H and O–H groups in total. The summed E-state index contributed by atoms with van der Waals surface area (Å²) in [5, 5.41) is 19.2. The Morgan fingerprint density at radius 2 is 1.38 bits per heavy atom. The van der Waals surface area contributed by atoms with E-state index in [1.54, 1.807) is 14.2 Å². The Kier molecular flexibility index (Phi) is 5.84. The van der Waals surface area contributed by atoms with Crippen LogP contribution < -0.4 is 30.7 Å². The second-order valence-electron chi connectivity index (χ2n) is 4.33. The lowest BCUT2D eigenvalue weighted by atomic mass is 10.1. The number of hydrogen-bond donors (Lipinski definition) is 2. The smallest absolute Gasteiger partial charge is 0.358 e. The number of rotatable bonds is 6. The lowest BCUT2D eigenvalue weighted by Crippen LogP contribution is -3.62. The van der Waals surface area contributed by atoms with Gasteiger partial charge in [-0.1, -0.05) is 0 Å². The lowest BCUT2D eigenvalue weighted by molar-refractivity contribution is -0.599. The Hall–Kier alpha value is -1.31. The standard InChI is InChI=1S/C16H18IO4/c1-20-14-5-3-13(4-6-14)17-16-11(9-18)7-15(21-2)8-12(16)10-19/h3-8,18-19H,9-10H2,1-2H3/q+1. The molecule has 0 saturated carbocycles. The van der Waals surface area contributed by atoms with Crippen LogP contribution in [-0.4, -0.2) is 24.4 Å². The summed E-state index contributed by atoms with van der Waals surface area (Å²) in [4.78, 5) is 0. The molecule has 4 nitrogen and oxygen atoms in total. The number of halogens is 1. The maximum Gasteiger partial charge on any atom is 0.358 e. The van der Waals surface area contributed by atoms with Crippen molar-refractivity contribution < 1.29 is 40.9 Å². The zero-order chi connectivity index (χ0) is 15.2. The second-order valence-corrected chi connectivity index (χ2v) is 7.19. The van der Waals surface area contributed by atoms with Gasteiger partial charge in [0, 0.05) is 11.1 Å². The van der Waals surface area contributed by atoms with E-state index in [4.69, 9.17) is 9.47 Å². The zero-order valence-corrected chi connectivity index (χ0v) is 14.1. The van der Waals surface area contributed by atoms with Crippen LogP contribution in [0.1, 0.15) is 11.1 Å². The third-order valence-electron chi connectivity index (χ3n) is 3.03. The van der Waals surface area contributed by atoms with E-state index in [-0.39, 0.29) is 13.2 Å². The van der Waals surface area contributed by atoms with Crippen LogP contribution in [0.15, 0.2) is 36.4 Å². The molecule has 5 heteroatoms. The second kappa shape index (κ2) is 7.63. The minimum Gasteiger partial charge on any atom is -0.497 e. The molecule has 2 aromatic carbocycles. The summed E-state index contributed by atoms with van der Waals surface area (Å²) in [5.41, 5.74) is 1.64. The van der Waals surface area contributed by atoms with Gasteiger partial charge >= 0.3 is 21.2 Å². The van der Waals surface area contributed by atoms with Gasteiger partial charge in [0.1, 0.15) is 11.5 Å². The Balaban J connectivity index is 2.36. The summed E-state index contributed by atoms with van der Waals surface area (Å²) in [6.45, 7) is -0.120. The molecule has 0 aliphatic heterocycles. The zero-order valence-electron chi connectivity index (χ0n) is 12.0. The van der Waals surface area contributed by atoms with Gasteiger partial charge in [0.25, 0.3) is 0 Å². The molecule has 2 aromatic rings. The molecule has 0 aliphatic carbocycles. The molecule has 112 valence electrons. The first kappa shape index (κ1) is 16.1. The largest absolute Gasteiger partial charge is 0.497 e. The van der Waals surface area contributed by atoms with Crippen molar-refractivity contribution in [3.63, 3.8) is 0 Å². The molecular formula is C16H18IO4+. The monoisotopic (exact) mass is 401 g/mol. The first-order valence-electron chi connectivity index (χ1n) is 6.42. The van der Waals surface area contributed by atoms with E-state index < -0.39 is 21.2 Å². The average molecular weight is 401 g/mol. The molecule has 0 unspecified atom stereocenters. The van der Waals surface area contributed by atoms with Crippen molar-refractivity contribution >= 4 is 0 Å². The summed E-state index contributed by atoms with van der Waals surface area (Å²) in [7, 11) is 3.22. The molecule has 0 aliphatic rings. The minimum atomic E-state index is -0.495. The van der Waals surface area contributed by atoms with Gasteiger partial charge in [-0.3, -0.25) is 0 Å². The summed E-state index contributed by atoms with van der Waals surface area (Å²) in [6, 6.07) is 11.6. The van der Waals surface area contributed by atoms with Crippen molar-refractivity contribution in [1.29, 1.82) is 0 Å². The Bertz CT molecular complexity index is 571. The predicted octanol–water partition coefficient (Wildman–Crippen LogP) is -1.18. The molecular weight excluding hydrogens is 383 g/mol. The van der Waals surface area contributed by atoms with Crippen molar-refractivity contribution in [1.82, 2.24) is 0 Å². The van der Waals surface area contributed by atoms with Crippen LogP contribution >= 0.6 is 0 Å². The highest BCUT2D eigenvalue weighted by molar-refractivity contribution is 5.33. The molecule has 0 fully saturated rings. The molecule has 0 atom stereocenters. The number of ether oxygens (including phenoxy) is 2. The van der Waals surface area contributed by atoms with Gasteiger partial charge in [0.15, 0.2) is 3.57 Å². The normalized spacial score (nSPS) is 10.5. The third kappa shape index (κ3) is 3.87. The molecule has 2 rings (SSSR count). The summed E-state index contributed by atoms with van der Waals surface area (Å²) < 4.78 is 12.6. The highest BCUT2D eigenvalue weighted by Crippen LogP contribution is 2.17. The van der Waals surface area contributed by atoms with Crippen LogP contribution in [0.25, 0.3) is 0 Å². The third-order valence-corrected chi connectivity index (χ3v) is 6.29. The fourth-order valence-corrected chi connectivity index (χ4v) is 4.62. The van der Waals surface area contributed by atoms with Crippen LogP contribution in [0.5, 0.6) is 11.5 Å². The van der Waals surface area contributed by atoms with Crippen LogP contribution in [0, 0.1) is 7.14 Å². The van der Waals surface area contributed by atoms with E-state index in [2.05, 4.69) is 0 Å². The molecule has 0 bridgehead atoms. The fourth-order valence-electron chi connectivity index (χ4n) is 1.93. The predicted molar refractivity (Wildman–Crippen MR) is 75.2 cm³/mol. The van der Waals surface area contributed by atoms with Crippen LogP contribution in [0.2, 0.25) is 0 Å². The van der Waals surface area contributed by atoms with E-state index in [1.807, 2.05) is 36.4 Å². The summed E-state index contributed by atoms with van der Waals surface area (Å²) in [5.74, 6) is 1.48. The molecule has 0 saturated heterocycles. The summed E-state index contributed by atoms with van der Waals surface area (Å²) in [6.07, 6.45) is 0. The SMILES string of the molecule is COc1ccc([I+]c2c(CO)cc(OC)cc2CO)cc1. The molecule has 0 heterocycles. The molecule has 0 aromatic heterocycles. The van der Waals surface area contributed by atoms with Crippen molar-refractivity contribution in [3.8, 4) is 11.5 Å². The van der Waals surface area contributed by atoms with Gasteiger partial charge in [-0.15, -0.1) is 0 Å². The number of hydrogen-bond acceptors (Lipinski definition) is 4. The van der Waals surface area contributed by atoms with Gasteiger partial charge in [0.2, 0.25) is 3.57 Å². The van der Waals surface area contributed by atoms with Gasteiger partial charge in [0.05, 0.1) is 27.4 Å². The average Bonchev–Trinajstić information content (AvgIpc) is 2.55. The lowest BCUT2D eigenvalue weighted by Gasteiger charge is -2.07. The number of methoxy groups -OCH3 is 2. The van der Waals surface area contributed by atoms with E-state index in [0.717, 1.165) is 20.4 Å². The van der Waals surface area contributed by atoms with Crippen molar-refractivity contribution in [2.45, 2.75) is 13.2 Å². The van der Waals surface area contributed by atoms with Gasteiger partial charge in [-0.05, 0) is 36.4 Å². The van der Waals surface area contributed by atoms with Crippen LogP contribution in [0.4, 0.5) is 0 Å². The minimum absolute atomic E-state index is 0.0601. The Labute approximate surface area is 134 Å². The van der Waals surface area contributed by atoms with Gasteiger partial charge in [-0.25, -0.2) is 0 Å². The van der Waals surface area contributed by atoms with E-state index in [0.29, 0.717) is 5.75 Å². The summed E-state index contributed by atoms with van der Waals surface area (Å²) >= 11 is -0.495. The van der Waals surface area contributed by atoms with Gasteiger partial charge in [-0.2, -0.15) is 0 Å². The fraction of sp³-hybridized carbons (Fsp3) is 0.250. The first-order chi connectivity index (χ1) is 10.2. The topological polar surface area (TPSA) is 58.9 Å². The molecule has 0 amide bonds.